The normalized spacial score (nSPS) is 20.5. The van der Waals surface area contributed by atoms with Gasteiger partial charge in [-0.2, -0.15) is 0 Å². The van der Waals surface area contributed by atoms with Crippen LogP contribution in [0.2, 0.25) is 0 Å². The predicted molar refractivity (Wildman–Crippen MR) is 114 cm³/mol. The van der Waals surface area contributed by atoms with Gasteiger partial charge >= 0.3 is 0 Å². The fourth-order valence-corrected chi connectivity index (χ4v) is 5.92. The Morgan fingerprint density at radius 2 is 0.654 bits per heavy atom. The number of hydrogen-bond donors (Lipinski definition) is 0. The molecule has 0 bridgehead atoms. The number of benzene rings is 2. The molecule has 0 aromatic heterocycles. The summed E-state index contributed by atoms with van der Waals surface area (Å²) in [7, 11) is 0. The van der Waals surface area contributed by atoms with Crippen molar-refractivity contribution in [1.82, 2.24) is 0 Å². The highest BCUT2D eigenvalue weighted by Gasteiger charge is 2.42. The zero-order valence-corrected chi connectivity index (χ0v) is 18.2. The third kappa shape index (κ3) is 1.81. The van der Waals surface area contributed by atoms with Gasteiger partial charge in [0.2, 0.25) is 0 Å². The minimum Gasteiger partial charge on any atom is -0.0542 e. The molecule has 2 aliphatic rings. The van der Waals surface area contributed by atoms with Gasteiger partial charge in [0.05, 0.1) is 0 Å². The van der Waals surface area contributed by atoms with Gasteiger partial charge in [-0.15, -0.1) is 0 Å². The number of rotatable bonds is 0. The Kier molecular flexibility index (Phi) is 3.62. The summed E-state index contributed by atoms with van der Waals surface area (Å²) in [5.74, 6) is 1.00. The monoisotopic (exact) mass is 344 g/mol. The summed E-state index contributed by atoms with van der Waals surface area (Å²) >= 11 is 0. The molecule has 2 aliphatic carbocycles. The van der Waals surface area contributed by atoms with Gasteiger partial charge in [-0.3, -0.25) is 0 Å². The van der Waals surface area contributed by atoms with Crippen LogP contribution in [-0.4, -0.2) is 0 Å². The number of hydrogen-bond acceptors (Lipinski definition) is 0. The summed E-state index contributed by atoms with van der Waals surface area (Å²) in [6.45, 7) is 23.4. The van der Waals surface area contributed by atoms with Crippen molar-refractivity contribution in [3.63, 3.8) is 0 Å². The second-order valence-corrected chi connectivity index (χ2v) is 8.85. The Labute approximate surface area is 159 Å². The van der Waals surface area contributed by atoms with Crippen molar-refractivity contribution >= 4 is 11.1 Å². The third-order valence-electron chi connectivity index (χ3n) is 8.03. The zero-order valence-electron chi connectivity index (χ0n) is 18.2. The van der Waals surface area contributed by atoms with Gasteiger partial charge in [-0.1, -0.05) is 13.8 Å². The summed E-state index contributed by atoms with van der Waals surface area (Å²) in [6, 6.07) is 0. The summed E-state index contributed by atoms with van der Waals surface area (Å²) in [5, 5.41) is 0. The summed E-state index contributed by atoms with van der Waals surface area (Å²) in [5.41, 5.74) is 21.6. The molecule has 4 rings (SSSR count). The van der Waals surface area contributed by atoms with Gasteiger partial charge in [-0.05, 0) is 133 Å². The summed E-state index contributed by atoms with van der Waals surface area (Å²) in [6.07, 6.45) is 0. The highest BCUT2D eigenvalue weighted by Crippen LogP contribution is 2.61. The molecule has 2 aromatic rings. The predicted octanol–water partition coefficient (Wildman–Crippen LogP) is 7.30. The van der Waals surface area contributed by atoms with Gasteiger partial charge in [-0.25, -0.2) is 0 Å². The highest BCUT2D eigenvalue weighted by atomic mass is 14.5. The Morgan fingerprint density at radius 1 is 0.385 bits per heavy atom. The van der Waals surface area contributed by atoms with Crippen molar-refractivity contribution in [2.75, 3.05) is 0 Å². The minimum atomic E-state index is 0.502. The van der Waals surface area contributed by atoms with Gasteiger partial charge in [0.15, 0.2) is 0 Å². The molecular weight excluding hydrogens is 312 g/mol. The van der Waals surface area contributed by atoms with Crippen molar-refractivity contribution in [1.29, 1.82) is 0 Å². The minimum absolute atomic E-state index is 0.502. The molecule has 2 aromatic carbocycles. The smallest absolute Gasteiger partial charge is 0.00791 e. The molecule has 0 radical (unpaired) electrons. The van der Waals surface area contributed by atoms with Crippen LogP contribution in [0.5, 0.6) is 0 Å². The quantitative estimate of drug-likeness (QED) is 0.470. The van der Waals surface area contributed by atoms with Crippen LogP contribution in [0.4, 0.5) is 0 Å². The SMILES string of the molecule is Cc1c(C)c(C)c2c(c1C)C1=C(c3c(C)c(C)c(C)c(C)c3C1C)C2C. The molecule has 0 heteroatoms. The van der Waals surface area contributed by atoms with E-state index in [4.69, 9.17) is 0 Å². The first kappa shape index (κ1) is 17.6. The number of fused-ring (bicyclic) bond motifs is 4. The molecule has 0 amide bonds. The van der Waals surface area contributed by atoms with Crippen LogP contribution >= 0.6 is 0 Å². The van der Waals surface area contributed by atoms with Gasteiger partial charge in [0.1, 0.15) is 0 Å². The van der Waals surface area contributed by atoms with E-state index in [1.54, 1.807) is 33.4 Å². The Balaban J connectivity index is 2.12. The topological polar surface area (TPSA) is 0 Å². The molecular formula is C26H32. The first-order valence-corrected chi connectivity index (χ1v) is 10.1. The Hall–Kier alpha value is -1.82. The molecule has 0 N–H and O–H groups in total. The van der Waals surface area contributed by atoms with Crippen LogP contribution in [0, 0.1) is 55.4 Å². The second-order valence-electron chi connectivity index (χ2n) is 8.85. The summed E-state index contributed by atoms with van der Waals surface area (Å²) < 4.78 is 0. The molecule has 0 nitrogen and oxygen atoms in total. The van der Waals surface area contributed by atoms with Gasteiger partial charge in [0.25, 0.3) is 0 Å². The first-order chi connectivity index (χ1) is 12.1. The molecule has 26 heavy (non-hydrogen) atoms. The fourth-order valence-electron chi connectivity index (χ4n) is 5.92. The van der Waals surface area contributed by atoms with E-state index in [2.05, 4.69) is 69.2 Å². The second kappa shape index (κ2) is 5.35. The van der Waals surface area contributed by atoms with Crippen LogP contribution in [-0.2, 0) is 0 Å². The van der Waals surface area contributed by atoms with E-state index in [1.807, 2.05) is 0 Å². The van der Waals surface area contributed by atoms with Crippen LogP contribution in [0.3, 0.4) is 0 Å². The molecule has 2 unspecified atom stereocenters. The van der Waals surface area contributed by atoms with E-state index >= 15 is 0 Å². The lowest BCUT2D eigenvalue weighted by atomic mass is 9.78. The lowest BCUT2D eigenvalue weighted by molar-refractivity contribution is 0.940. The van der Waals surface area contributed by atoms with Crippen LogP contribution in [0.15, 0.2) is 0 Å². The summed E-state index contributed by atoms with van der Waals surface area (Å²) in [4.78, 5) is 0. The zero-order chi connectivity index (χ0) is 19.2. The van der Waals surface area contributed by atoms with Crippen LogP contribution in [0.1, 0.15) is 92.4 Å². The van der Waals surface area contributed by atoms with E-state index in [0.29, 0.717) is 11.8 Å². The van der Waals surface area contributed by atoms with Crippen molar-refractivity contribution < 1.29 is 0 Å². The van der Waals surface area contributed by atoms with Gasteiger partial charge in [0, 0.05) is 11.8 Å². The van der Waals surface area contributed by atoms with Crippen molar-refractivity contribution in [3.05, 3.63) is 66.8 Å². The molecule has 0 saturated heterocycles. The van der Waals surface area contributed by atoms with E-state index in [-0.39, 0.29) is 0 Å². The molecule has 0 fully saturated rings. The molecule has 0 saturated carbocycles. The van der Waals surface area contributed by atoms with Crippen molar-refractivity contribution in [2.45, 2.75) is 81.1 Å². The third-order valence-corrected chi connectivity index (χ3v) is 8.03. The molecule has 0 heterocycles. The van der Waals surface area contributed by atoms with Crippen LogP contribution < -0.4 is 0 Å². The average molecular weight is 345 g/mol. The number of allylic oxidation sites excluding steroid dienone is 2. The molecule has 136 valence electrons. The van der Waals surface area contributed by atoms with Crippen molar-refractivity contribution in [2.24, 2.45) is 0 Å². The highest BCUT2D eigenvalue weighted by molar-refractivity contribution is 6.08. The Morgan fingerprint density at radius 3 is 0.962 bits per heavy atom. The van der Waals surface area contributed by atoms with Gasteiger partial charge < -0.3 is 0 Å². The van der Waals surface area contributed by atoms with E-state index in [9.17, 15) is 0 Å². The molecule has 0 aliphatic heterocycles. The maximum absolute atomic E-state index is 2.44. The maximum Gasteiger partial charge on any atom is 0.00791 e. The standard InChI is InChI=1S/C26H32/c1-11-13(3)17(7)23-21(15(11)5)19(9)25-24-18(8)14(4)12(2)16(6)22(24)20(10)26(23)25/h19-20H,1-10H3. The lowest BCUT2D eigenvalue weighted by Crippen LogP contribution is -2.09. The Bertz CT molecular complexity index is 944. The van der Waals surface area contributed by atoms with E-state index in [0.717, 1.165) is 0 Å². The van der Waals surface area contributed by atoms with E-state index in [1.165, 1.54) is 44.5 Å². The average Bonchev–Trinajstić information content (AvgIpc) is 3.08. The largest absolute Gasteiger partial charge is 0.0542 e. The molecule has 0 spiro atoms. The first-order valence-electron chi connectivity index (χ1n) is 10.1. The molecule has 2 atom stereocenters. The fraction of sp³-hybridized carbons (Fsp3) is 0.462. The maximum atomic E-state index is 2.44. The lowest BCUT2D eigenvalue weighted by Gasteiger charge is -2.26. The van der Waals surface area contributed by atoms with Crippen LogP contribution in [0.25, 0.3) is 11.1 Å². The van der Waals surface area contributed by atoms with E-state index < -0.39 is 0 Å². The van der Waals surface area contributed by atoms with Crippen molar-refractivity contribution in [3.8, 4) is 0 Å².